The summed E-state index contributed by atoms with van der Waals surface area (Å²) >= 11 is 8.20. The topological polar surface area (TPSA) is 107 Å². The Hall–Kier alpha value is -1.94. The number of aromatic nitrogens is 4. The molecule has 3 rings (SSSR count). The number of nitrogens with zero attached hydrogens (tertiary/aromatic N) is 4. The molecule has 21 heavy (non-hydrogen) atoms. The second kappa shape index (κ2) is 5.11. The summed E-state index contributed by atoms with van der Waals surface area (Å²) in [7, 11) is 0. The number of nitrogen functional groups attached to an aromatic ring is 1. The van der Waals surface area contributed by atoms with E-state index in [9.17, 15) is 9.90 Å². The van der Waals surface area contributed by atoms with Gasteiger partial charge in [0.25, 0.3) is 0 Å². The highest BCUT2D eigenvalue weighted by atomic mass is 127. The molecule has 0 unspecified atom stereocenters. The molecule has 0 radical (unpaired) electrons. The van der Waals surface area contributed by atoms with Gasteiger partial charge in [-0.1, -0.05) is 11.6 Å². The van der Waals surface area contributed by atoms with Crippen molar-refractivity contribution in [3.05, 3.63) is 38.7 Å². The Balaban J connectivity index is 2.39. The summed E-state index contributed by atoms with van der Waals surface area (Å²) in [5.74, 6) is -0.859. The number of carbonyl (C=O) groups is 1. The summed E-state index contributed by atoms with van der Waals surface area (Å²) in [6.07, 6.45) is 1.35. The lowest BCUT2D eigenvalue weighted by atomic mass is 10.2. The lowest BCUT2D eigenvalue weighted by Gasteiger charge is -2.05. The zero-order valence-electron chi connectivity index (χ0n) is 10.3. The van der Waals surface area contributed by atoms with Crippen LogP contribution in [0.5, 0.6) is 0 Å². The lowest BCUT2D eigenvalue weighted by molar-refractivity contribution is 0.0692. The molecule has 106 valence electrons. The van der Waals surface area contributed by atoms with Crippen molar-refractivity contribution in [3.63, 3.8) is 0 Å². The predicted molar refractivity (Wildman–Crippen MR) is 85.8 cm³/mol. The van der Waals surface area contributed by atoms with Crippen molar-refractivity contribution in [1.29, 1.82) is 0 Å². The number of hydrogen-bond donors (Lipinski definition) is 2. The van der Waals surface area contributed by atoms with Gasteiger partial charge in [0, 0.05) is 8.96 Å². The smallest absolute Gasteiger partial charge is 0.357 e. The van der Waals surface area contributed by atoms with E-state index in [2.05, 4.69) is 37.7 Å². The molecule has 0 aliphatic rings. The first-order valence-electron chi connectivity index (χ1n) is 5.67. The molecule has 0 amide bonds. The van der Waals surface area contributed by atoms with E-state index < -0.39 is 5.97 Å². The van der Waals surface area contributed by atoms with E-state index in [4.69, 9.17) is 17.3 Å². The quantitative estimate of drug-likeness (QED) is 0.622. The molecule has 2 heterocycles. The first-order chi connectivity index (χ1) is 9.97. The average molecular weight is 416 g/mol. The van der Waals surface area contributed by atoms with Crippen molar-refractivity contribution in [2.75, 3.05) is 5.73 Å². The Morgan fingerprint density at radius 2 is 2.19 bits per heavy atom. The molecule has 2 aromatic heterocycles. The van der Waals surface area contributed by atoms with Crippen LogP contribution in [0, 0.1) is 3.57 Å². The van der Waals surface area contributed by atoms with Gasteiger partial charge in [-0.2, -0.15) is 10.1 Å². The standard InChI is InChI=1S/C12H7ClIN5O2/c13-7-4-16-12(15)17-10(7)19-8-3-5(14)1-2-6(8)9(18-19)11(20)21/h1-4H,(H,20,21)(H2,15,16,17). The molecule has 0 atom stereocenters. The number of hydrogen-bond acceptors (Lipinski definition) is 5. The third-order valence-corrected chi connectivity index (χ3v) is 3.73. The van der Waals surface area contributed by atoms with Gasteiger partial charge in [0.15, 0.2) is 11.5 Å². The van der Waals surface area contributed by atoms with Crippen LogP contribution < -0.4 is 5.73 Å². The number of rotatable bonds is 2. The fourth-order valence-electron chi connectivity index (χ4n) is 1.93. The van der Waals surface area contributed by atoms with Crippen molar-refractivity contribution in [2.24, 2.45) is 0 Å². The first kappa shape index (κ1) is 14.0. The summed E-state index contributed by atoms with van der Waals surface area (Å²) in [4.78, 5) is 19.1. The van der Waals surface area contributed by atoms with Crippen LogP contribution in [-0.2, 0) is 0 Å². The van der Waals surface area contributed by atoms with Crippen LogP contribution in [0.15, 0.2) is 24.4 Å². The predicted octanol–water partition coefficient (Wildman–Crippen LogP) is 2.35. The Kier molecular flexibility index (Phi) is 3.41. The molecule has 0 aliphatic heterocycles. The Morgan fingerprint density at radius 3 is 2.90 bits per heavy atom. The van der Waals surface area contributed by atoms with Gasteiger partial charge in [0.1, 0.15) is 5.02 Å². The maximum absolute atomic E-state index is 11.3. The molecular weight excluding hydrogens is 409 g/mol. The minimum absolute atomic E-state index is 0.0283. The largest absolute Gasteiger partial charge is 0.476 e. The van der Waals surface area contributed by atoms with E-state index in [1.165, 1.54) is 10.9 Å². The van der Waals surface area contributed by atoms with Gasteiger partial charge in [-0.05, 0) is 40.8 Å². The zero-order valence-corrected chi connectivity index (χ0v) is 13.2. The fourth-order valence-corrected chi connectivity index (χ4v) is 2.57. The molecule has 0 spiro atoms. The second-order valence-corrected chi connectivity index (χ2v) is 5.78. The highest BCUT2D eigenvalue weighted by Gasteiger charge is 2.19. The summed E-state index contributed by atoms with van der Waals surface area (Å²) in [6, 6.07) is 5.30. The molecule has 3 N–H and O–H groups in total. The maximum atomic E-state index is 11.3. The second-order valence-electron chi connectivity index (χ2n) is 4.13. The van der Waals surface area contributed by atoms with Gasteiger partial charge >= 0.3 is 5.97 Å². The van der Waals surface area contributed by atoms with Crippen LogP contribution in [0.4, 0.5) is 5.95 Å². The molecule has 0 fully saturated rings. The number of halogens is 2. The molecular formula is C12H7ClIN5O2. The van der Waals surface area contributed by atoms with E-state index in [1.54, 1.807) is 18.2 Å². The van der Waals surface area contributed by atoms with Crippen molar-refractivity contribution in [2.45, 2.75) is 0 Å². The van der Waals surface area contributed by atoms with E-state index in [0.29, 0.717) is 10.9 Å². The summed E-state index contributed by atoms with van der Waals surface area (Å²) in [5.41, 5.74) is 6.07. The molecule has 0 aliphatic carbocycles. The number of aromatic carboxylic acids is 1. The monoisotopic (exact) mass is 415 g/mol. The Labute approximate surface area is 136 Å². The number of carboxylic acids is 1. The van der Waals surface area contributed by atoms with Gasteiger partial charge in [-0.3, -0.25) is 0 Å². The fraction of sp³-hybridized carbons (Fsp3) is 0. The number of fused-ring (bicyclic) bond motifs is 1. The van der Waals surface area contributed by atoms with E-state index in [0.717, 1.165) is 3.57 Å². The van der Waals surface area contributed by atoms with Crippen LogP contribution in [0.25, 0.3) is 16.7 Å². The lowest BCUT2D eigenvalue weighted by Crippen LogP contribution is -2.06. The van der Waals surface area contributed by atoms with Crippen molar-refractivity contribution >= 4 is 57.0 Å². The number of anilines is 1. The normalized spacial score (nSPS) is 11.0. The Bertz CT molecular complexity index is 879. The average Bonchev–Trinajstić information content (AvgIpc) is 2.80. The van der Waals surface area contributed by atoms with Gasteiger partial charge in [0.05, 0.1) is 11.7 Å². The van der Waals surface area contributed by atoms with E-state index in [-0.39, 0.29) is 22.5 Å². The number of carboxylic acid groups (broad SMARTS) is 1. The third kappa shape index (κ3) is 2.40. The number of nitrogens with two attached hydrogens (primary N) is 1. The molecule has 7 nitrogen and oxygen atoms in total. The van der Waals surface area contributed by atoms with E-state index >= 15 is 0 Å². The van der Waals surface area contributed by atoms with E-state index in [1.807, 2.05) is 0 Å². The molecule has 0 saturated carbocycles. The van der Waals surface area contributed by atoms with Crippen LogP contribution in [0.1, 0.15) is 10.5 Å². The van der Waals surface area contributed by atoms with Crippen LogP contribution in [0.2, 0.25) is 5.02 Å². The van der Waals surface area contributed by atoms with Gasteiger partial charge in [-0.25, -0.2) is 14.5 Å². The Morgan fingerprint density at radius 1 is 1.43 bits per heavy atom. The van der Waals surface area contributed by atoms with Crippen LogP contribution in [-0.4, -0.2) is 30.8 Å². The minimum atomic E-state index is -1.13. The van der Waals surface area contributed by atoms with Crippen molar-refractivity contribution in [3.8, 4) is 5.82 Å². The molecule has 1 aromatic carbocycles. The molecule has 0 saturated heterocycles. The zero-order chi connectivity index (χ0) is 15.1. The molecule has 0 bridgehead atoms. The van der Waals surface area contributed by atoms with Crippen LogP contribution >= 0.6 is 34.2 Å². The molecule has 3 aromatic rings. The summed E-state index contributed by atoms with van der Waals surface area (Å²) in [5, 5.41) is 14.1. The van der Waals surface area contributed by atoms with Crippen LogP contribution in [0.3, 0.4) is 0 Å². The molecule has 9 heteroatoms. The maximum Gasteiger partial charge on any atom is 0.357 e. The van der Waals surface area contributed by atoms with Crippen molar-refractivity contribution < 1.29 is 9.90 Å². The van der Waals surface area contributed by atoms with Gasteiger partial charge < -0.3 is 10.8 Å². The van der Waals surface area contributed by atoms with Gasteiger partial charge in [0.2, 0.25) is 5.95 Å². The SMILES string of the molecule is Nc1ncc(Cl)c(-n2nc(C(=O)O)c3ccc(I)cc32)n1. The number of benzene rings is 1. The minimum Gasteiger partial charge on any atom is -0.476 e. The van der Waals surface area contributed by atoms with Crippen molar-refractivity contribution in [1.82, 2.24) is 19.7 Å². The highest BCUT2D eigenvalue weighted by molar-refractivity contribution is 14.1. The third-order valence-electron chi connectivity index (χ3n) is 2.79. The summed E-state index contributed by atoms with van der Waals surface area (Å²) < 4.78 is 2.29. The summed E-state index contributed by atoms with van der Waals surface area (Å²) in [6.45, 7) is 0. The first-order valence-corrected chi connectivity index (χ1v) is 7.13. The highest BCUT2D eigenvalue weighted by Crippen LogP contribution is 2.26. The van der Waals surface area contributed by atoms with Gasteiger partial charge in [-0.15, -0.1) is 0 Å².